The Kier molecular flexibility index (Phi) is 3.88. The monoisotopic (exact) mass is 228 g/mol. The van der Waals surface area contributed by atoms with Gasteiger partial charge in [-0.2, -0.15) is 13.2 Å². The second kappa shape index (κ2) is 5.16. The fourth-order valence-electron chi connectivity index (χ4n) is 0.947. The summed E-state index contributed by atoms with van der Waals surface area (Å²) in [6, 6.07) is 3.10. The van der Waals surface area contributed by atoms with Gasteiger partial charge in [-0.15, -0.1) is 0 Å². The first-order chi connectivity index (χ1) is 7.54. The summed E-state index contributed by atoms with van der Waals surface area (Å²) < 4.78 is 39.9. The van der Waals surface area contributed by atoms with Crippen LogP contribution in [0.15, 0.2) is 49.0 Å². The lowest BCUT2D eigenvalue weighted by molar-refractivity contribution is 0.104. The first-order valence-electron chi connectivity index (χ1n) is 4.20. The SMILES string of the molecule is C=CC(=O)c1ccc(OC(F)=C(F)F)cc1. The number of ether oxygens (including phenoxy) is 1. The Morgan fingerprint density at radius 1 is 1.19 bits per heavy atom. The van der Waals surface area contributed by atoms with E-state index < -0.39 is 12.1 Å². The first kappa shape index (κ1) is 12.0. The molecule has 0 radical (unpaired) electrons. The number of hydrogen-bond donors (Lipinski definition) is 0. The van der Waals surface area contributed by atoms with Crippen LogP contribution in [-0.4, -0.2) is 5.78 Å². The van der Waals surface area contributed by atoms with Crippen molar-refractivity contribution in [1.82, 2.24) is 0 Å². The topological polar surface area (TPSA) is 26.3 Å². The molecule has 0 N–H and O–H groups in total. The molecule has 0 saturated carbocycles. The summed E-state index contributed by atoms with van der Waals surface area (Å²) in [6.07, 6.45) is -1.43. The lowest BCUT2D eigenvalue weighted by atomic mass is 10.1. The number of allylic oxidation sites excluding steroid dienone is 1. The summed E-state index contributed by atoms with van der Waals surface area (Å²) in [5, 5.41) is 0. The maximum atomic E-state index is 12.4. The number of hydrogen-bond acceptors (Lipinski definition) is 2. The molecule has 0 aliphatic carbocycles. The van der Waals surface area contributed by atoms with Gasteiger partial charge in [0.2, 0.25) is 0 Å². The minimum Gasteiger partial charge on any atom is -0.428 e. The van der Waals surface area contributed by atoms with Crippen molar-refractivity contribution in [1.29, 1.82) is 0 Å². The van der Waals surface area contributed by atoms with E-state index in [-0.39, 0.29) is 11.5 Å². The Bertz CT molecular complexity index is 431. The van der Waals surface area contributed by atoms with Crippen LogP contribution in [0.1, 0.15) is 10.4 Å². The highest BCUT2D eigenvalue weighted by atomic mass is 19.3. The predicted octanol–water partition coefficient (Wildman–Crippen LogP) is 3.47. The van der Waals surface area contributed by atoms with E-state index in [0.717, 1.165) is 6.08 Å². The van der Waals surface area contributed by atoms with E-state index >= 15 is 0 Å². The van der Waals surface area contributed by atoms with Crippen molar-refractivity contribution in [2.45, 2.75) is 0 Å². The summed E-state index contributed by atoms with van der Waals surface area (Å²) in [7, 11) is 0. The summed E-state index contributed by atoms with van der Waals surface area (Å²) in [5.74, 6) is -0.440. The van der Waals surface area contributed by atoms with Crippen LogP contribution in [0, 0.1) is 0 Å². The first-order valence-corrected chi connectivity index (χ1v) is 4.20. The fourth-order valence-corrected chi connectivity index (χ4v) is 0.947. The summed E-state index contributed by atoms with van der Waals surface area (Å²) in [5.41, 5.74) is 0.312. The molecule has 0 amide bonds. The molecular formula is C11H7F3O2. The van der Waals surface area contributed by atoms with Crippen molar-refractivity contribution in [3.05, 3.63) is 54.6 Å². The number of carbonyl (C=O) groups excluding carboxylic acids is 1. The molecule has 1 aromatic carbocycles. The molecule has 0 aliphatic heterocycles. The van der Waals surface area contributed by atoms with E-state index in [1.807, 2.05) is 0 Å². The van der Waals surface area contributed by atoms with Gasteiger partial charge in [0.05, 0.1) is 0 Å². The third-order valence-corrected chi connectivity index (χ3v) is 1.68. The molecule has 2 nitrogen and oxygen atoms in total. The Morgan fingerprint density at radius 3 is 2.19 bits per heavy atom. The van der Waals surface area contributed by atoms with Gasteiger partial charge in [0, 0.05) is 5.56 Å². The van der Waals surface area contributed by atoms with E-state index in [2.05, 4.69) is 11.3 Å². The van der Waals surface area contributed by atoms with Crippen molar-refractivity contribution in [2.24, 2.45) is 0 Å². The highest BCUT2D eigenvalue weighted by molar-refractivity contribution is 6.04. The third kappa shape index (κ3) is 2.98. The molecule has 0 saturated heterocycles. The van der Waals surface area contributed by atoms with Crippen LogP contribution in [0.5, 0.6) is 5.75 Å². The van der Waals surface area contributed by atoms with Crippen LogP contribution in [-0.2, 0) is 0 Å². The molecule has 0 unspecified atom stereocenters. The van der Waals surface area contributed by atoms with Crippen LogP contribution < -0.4 is 4.74 Å². The summed E-state index contributed by atoms with van der Waals surface area (Å²) in [6.45, 7) is 3.28. The lowest BCUT2D eigenvalue weighted by Crippen LogP contribution is -1.94. The molecule has 1 rings (SSSR count). The highest BCUT2D eigenvalue weighted by Crippen LogP contribution is 2.19. The van der Waals surface area contributed by atoms with Gasteiger partial charge in [-0.05, 0) is 30.3 Å². The molecule has 16 heavy (non-hydrogen) atoms. The standard InChI is InChI=1S/C11H7F3O2/c1-2-9(15)7-3-5-8(6-4-7)16-11(14)10(12)13/h2-6H,1H2. The quantitative estimate of drug-likeness (QED) is 0.448. The van der Waals surface area contributed by atoms with Gasteiger partial charge in [0.1, 0.15) is 5.75 Å². The van der Waals surface area contributed by atoms with E-state index in [4.69, 9.17) is 0 Å². The van der Waals surface area contributed by atoms with Crippen molar-refractivity contribution >= 4 is 5.78 Å². The largest absolute Gasteiger partial charge is 0.428 e. The van der Waals surface area contributed by atoms with Crippen LogP contribution in [0.4, 0.5) is 13.2 Å². The molecule has 0 heterocycles. The smallest absolute Gasteiger partial charge is 0.344 e. The second-order valence-electron chi connectivity index (χ2n) is 2.73. The average Bonchev–Trinajstić information content (AvgIpc) is 2.28. The molecular weight excluding hydrogens is 221 g/mol. The second-order valence-corrected chi connectivity index (χ2v) is 2.73. The molecule has 0 fully saturated rings. The third-order valence-electron chi connectivity index (χ3n) is 1.68. The maximum absolute atomic E-state index is 12.4. The van der Waals surface area contributed by atoms with E-state index in [0.29, 0.717) is 5.56 Å². The normalized spacial score (nSPS) is 9.44. The van der Waals surface area contributed by atoms with Crippen molar-refractivity contribution < 1.29 is 22.7 Å². The molecule has 0 atom stereocenters. The summed E-state index contributed by atoms with van der Waals surface area (Å²) in [4.78, 5) is 11.1. The highest BCUT2D eigenvalue weighted by Gasteiger charge is 2.08. The van der Waals surface area contributed by atoms with Gasteiger partial charge in [-0.25, -0.2) is 0 Å². The van der Waals surface area contributed by atoms with Gasteiger partial charge < -0.3 is 4.74 Å². The molecule has 84 valence electrons. The number of carbonyl (C=O) groups is 1. The van der Waals surface area contributed by atoms with Crippen LogP contribution in [0.25, 0.3) is 0 Å². The molecule has 0 bridgehead atoms. The fraction of sp³-hybridized carbons (Fsp3) is 0. The van der Waals surface area contributed by atoms with Crippen molar-refractivity contribution in [3.8, 4) is 5.75 Å². The lowest BCUT2D eigenvalue weighted by Gasteiger charge is -2.02. The van der Waals surface area contributed by atoms with Crippen molar-refractivity contribution in [3.63, 3.8) is 0 Å². The van der Waals surface area contributed by atoms with Crippen LogP contribution >= 0.6 is 0 Å². The molecule has 1 aromatic rings. The molecule has 0 spiro atoms. The Labute approximate surface area is 89.6 Å². The van der Waals surface area contributed by atoms with Crippen LogP contribution in [0.3, 0.4) is 0 Å². The van der Waals surface area contributed by atoms with Crippen LogP contribution in [0.2, 0.25) is 0 Å². The Hall–Kier alpha value is -2.04. The van der Waals surface area contributed by atoms with Gasteiger partial charge in [-0.3, -0.25) is 4.79 Å². The predicted molar refractivity (Wildman–Crippen MR) is 51.9 cm³/mol. The number of rotatable bonds is 4. The van der Waals surface area contributed by atoms with Gasteiger partial charge in [0.15, 0.2) is 5.78 Å². The van der Waals surface area contributed by atoms with E-state index in [1.165, 1.54) is 24.3 Å². The zero-order chi connectivity index (χ0) is 12.1. The zero-order valence-electron chi connectivity index (χ0n) is 8.04. The minimum absolute atomic E-state index is 0.120. The molecule has 0 aromatic heterocycles. The summed E-state index contributed by atoms with van der Waals surface area (Å²) >= 11 is 0. The minimum atomic E-state index is -2.54. The number of ketones is 1. The number of halogens is 3. The number of benzene rings is 1. The van der Waals surface area contributed by atoms with E-state index in [1.54, 1.807) is 0 Å². The molecule has 5 heteroatoms. The average molecular weight is 228 g/mol. The maximum Gasteiger partial charge on any atom is 0.344 e. The van der Waals surface area contributed by atoms with E-state index in [9.17, 15) is 18.0 Å². The Balaban J connectivity index is 2.84. The van der Waals surface area contributed by atoms with Gasteiger partial charge in [-0.1, -0.05) is 6.58 Å². The van der Waals surface area contributed by atoms with Gasteiger partial charge in [0.25, 0.3) is 0 Å². The molecule has 0 aliphatic rings. The van der Waals surface area contributed by atoms with Gasteiger partial charge >= 0.3 is 12.1 Å². The zero-order valence-corrected chi connectivity index (χ0v) is 8.04. The Morgan fingerprint density at radius 2 is 1.75 bits per heavy atom. The van der Waals surface area contributed by atoms with Crippen molar-refractivity contribution in [2.75, 3.05) is 0 Å².